The van der Waals surface area contributed by atoms with Crippen molar-refractivity contribution in [1.82, 2.24) is 0 Å². The van der Waals surface area contributed by atoms with E-state index in [0.29, 0.717) is 22.2 Å². The molecule has 1 amide bonds. The van der Waals surface area contributed by atoms with Crippen LogP contribution in [0.1, 0.15) is 10.4 Å². The minimum Gasteiger partial charge on any atom is -0.457 e. The van der Waals surface area contributed by atoms with E-state index in [1.54, 1.807) is 30.3 Å². The highest BCUT2D eigenvalue weighted by Gasteiger charge is 2.19. The van der Waals surface area contributed by atoms with E-state index in [9.17, 15) is 9.00 Å². The average molecular weight is 536 g/mol. The Hall–Kier alpha value is -2.04. The van der Waals surface area contributed by atoms with Crippen LogP contribution in [0, 0.1) is 0 Å². The first-order valence-electron chi connectivity index (χ1n) is 8.70. The summed E-state index contributed by atoms with van der Waals surface area (Å²) in [5, 5.41) is 4.66. The van der Waals surface area contributed by atoms with Gasteiger partial charge in [-0.1, -0.05) is 46.4 Å². The van der Waals surface area contributed by atoms with Crippen LogP contribution in [0.5, 0.6) is 11.5 Å². The van der Waals surface area contributed by atoms with Gasteiger partial charge >= 0.3 is 11.4 Å². The van der Waals surface area contributed by atoms with E-state index in [1.807, 2.05) is 0 Å². The number of nitrogens with zero attached hydrogens (tertiary/aromatic N) is 1. The zero-order valence-corrected chi connectivity index (χ0v) is 20.0. The van der Waals surface area contributed by atoms with Crippen LogP contribution in [0.4, 0.5) is 11.4 Å². The summed E-state index contributed by atoms with van der Waals surface area (Å²) in [5.74, 6) is 0.230. The van der Waals surface area contributed by atoms with E-state index < -0.39 is 17.3 Å². The van der Waals surface area contributed by atoms with Crippen molar-refractivity contribution in [1.29, 1.82) is 0 Å². The molecule has 168 valence electrons. The normalized spacial score (nSPS) is 11.7. The SMILES string of the molecule is CN(OS(=O)O)c1ccc(Oc2ccc(Cl)cc2)cc1C(=O)Nc1cc(Cl)c(Cl)c(Cl)c1. The molecule has 0 spiro atoms. The Labute approximate surface area is 206 Å². The molecule has 0 aliphatic rings. The van der Waals surface area contributed by atoms with E-state index in [-0.39, 0.29) is 26.3 Å². The summed E-state index contributed by atoms with van der Waals surface area (Å²) in [4.78, 5) is 13.1. The number of nitrogens with one attached hydrogen (secondary N) is 1. The summed E-state index contributed by atoms with van der Waals surface area (Å²) in [6.45, 7) is 0. The number of hydrogen-bond acceptors (Lipinski definition) is 5. The molecule has 2 N–H and O–H groups in total. The number of halogens is 4. The molecule has 3 rings (SSSR count). The fourth-order valence-electron chi connectivity index (χ4n) is 2.64. The summed E-state index contributed by atoms with van der Waals surface area (Å²) in [7, 11) is 1.37. The van der Waals surface area contributed by atoms with E-state index in [4.69, 9.17) is 60.0 Å². The van der Waals surface area contributed by atoms with Gasteiger partial charge in [0.2, 0.25) is 0 Å². The molecule has 0 saturated heterocycles. The molecule has 12 heteroatoms. The Kier molecular flexibility index (Phi) is 8.24. The van der Waals surface area contributed by atoms with Crippen molar-refractivity contribution in [3.63, 3.8) is 0 Å². The number of carbonyl (C=O) groups is 1. The van der Waals surface area contributed by atoms with Crippen LogP contribution in [-0.2, 0) is 15.6 Å². The third kappa shape index (κ3) is 6.26. The third-order valence-electron chi connectivity index (χ3n) is 4.02. The van der Waals surface area contributed by atoms with Crippen molar-refractivity contribution < 1.29 is 22.6 Å². The number of rotatable bonds is 7. The molecule has 0 aliphatic heterocycles. The highest BCUT2D eigenvalue weighted by atomic mass is 35.5. The van der Waals surface area contributed by atoms with E-state index in [2.05, 4.69) is 5.32 Å². The Morgan fingerprint density at radius 1 is 0.969 bits per heavy atom. The van der Waals surface area contributed by atoms with Crippen LogP contribution < -0.4 is 15.1 Å². The zero-order valence-electron chi connectivity index (χ0n) is 16.1. The predicted molar refractivity (Wildman–Crippen MR) is 128 cm³/mol. The summed E-state index contributed by atoms with van der Waals surface area (Å²) in [6, 6.07) is 14.0. The first-order valence-corrected chi connectivity index (χ1v) is 11.2. The second kappa shape index (κ2) is 10.7. The molecule has 3 aromatic rings. The van der Waals surface area contributed by atoms with Crippen molar-refractivity contribution in [2.45, 2.75) is 0 Å². The quantitative estimate of drug-likeness (QED) is 0.195. The molecule has 0 fully saturated rings. The molecular formula is C20H14Cl4N2O5S. The molecule has 0 saturated carbocycles. The molecule has 0 aromatic heterocycles. The number of anilines is 2. The number of amides is 1. The number of hydroxylamine groups is 1. The maximum Gasteiger partial charge on any atom is 0.325 e. The van der Waals surface area contributed by atoms with Gasteiger partial charge < -0.3 is 10.1 Å². The smallest absolute Gasteiger partial charge is 0.325 e. The highest BCUT2D eigenvalue weighted by Crippen LogP contribution is 2.34. The fourth-order valence-corrected chi connectivity index (χ4v) is 3.63. The summed E-state index contributed by atoms with van der Waals surface area (Å²) < 4.78 is 30.7. The Bertz CT molecular complexity index is 1150. The Balaban J connectivity index is 1.96. The molecular weight excluding hydrogens is 522 g/mol. The molecule has 0 heterocycles. The summed E-state index contributed by atoms with van der Waals surface area (Å²) in [6.07, 6.45) is 0. The highest BCUT2D eigenvalue weighted by molar-refractivity contribution is 7.74. The monoisotopic (exact) mass is 534 g/mol. The van der Waals surface area contributed by atoms with Crippen molar-refractivity contribution in [2.75, 3.05) is 17.4 Å². The average Bonchev–Trinajstić information content (AvgIpc) is 2.73. The largest absolute Gasteiger partial charge is 0.457 e. The van der Waals surface area contributed by atoms with Crippen molar-refractivity contribution in [3.05, 3.63) is 80.3 Å². The van der Waals surface area contributed by atoms with Gasteiger partial charge in [0.05, 0.1) is 26.3 Å². The van der Waals surface area contributed by atoms with Crippen molar-refractivity contribution >= 4 is 75.0 Å². The lowest BCUT2D eigenvalue weighted by molar-refractivity contribution is 0.102. The van der Waals surface area contributed by atoms with Crippen LogP contribution in [0.2, 0.25) is 20.1 Å². The summed E-state index contributed by atoms with van der Waals surface area (Å²) in [5.41, 5.74) is 0.560. The summed E-state index contributed by atoms with van der Waals surface area (Å²) >= 11 is 21.3. The molecule has 3 aromatic carbocycles. The first kappa shape index (κ1) is 24.6. The topological polar surface area (TPSA) is 88.1 Å². The lowest BCUT2D eigenvalue weighted by Crippen LogP contribution is -2.23. The maximum absolute atomic E-state index is 13.1. The lowest BCUT2D eigenvalue weighted by atomic mass is 10.1. The van der Waals surface area contributed by atoms with Crippen LogP contribution in [0.3, 0.4) is 0 Å². The third-order valence-corrected chi connectivity index (χ3v) is 5.82. The molecule has 0 aliphatic carbocycles. The second-order valence-corrected chi connectivity index (χ2v) is 8.44. The lowest BCUT2D eigenvalue weighted by Gasteiger charge is -2.20. The van der Waals surface area contributed by atoms with Gasteiger partial charge in [-0.25, -0.2) is 5.06 Å². The van der Waals surface area contributed by atoms with Gasteiger partial charge in [0, 0.05) is 17.8 Å². The van der Waals surface area contributed by atoms with Crippen molar-refractivity contribution in [3.8, 4) is 11.5 Å². The van der Waals surface area contributed by atoms with Crippen LogP contribution >= 0.6 is 46.4 Å². The van der Waals surface area contributed by atoms with E-state index in [0.717, 1.165) is 5.06 Å². The molecule has 7 nitrogen and oxygen atoms in total. The van der Waals surface area contributed by atoms with Gasteiger partial charge in [-0.2, -0.15) is 4.21 Å². The van der Waals surface area contributed by atoms with Gasteiger partial charge in [-0.05, 0) is 54.6 Å². The number of hydrogen-bond donors (Lipinski definition) is 2. The van der Waals surface area contributed by atoms with Crippen LogP contribution in [0.25, 0.3) is 0 Å². The van der Waals surface area contributed by atoms with E-state index in [1.165, 1.54) is 31.3 Å². The number of carbonyl (C=O) groups excluding carboxylic acids is 1. The standard InChI is InChI=1S/C20H14Cl4N2O5S/c1-26(31-32(28)29)18-7-6-14(30-13-4-2-11(21)3-5-13)10-15(18)20(27)25-12-8-16(22)19(24)17(23)9-12/h2-10H,1H3,(H,25,27)(H,28,29). The van der Waals surface area contributed by atoms with Gasteiger partial charge in [0.25, 0.3) is 5.91 Å². The Morgan fingerprint density at radius 3 is 2.16 bits per heavy atom. The zero-order chi connectivity index (χ0) is 23.4. The van der Waals surface area contributed by atoms with Crippen molar-refractivity contribution in [2.24, 2.45) is 0 Å². The number of benzene rings is 3. The second-order valence-electron chi connectivity index (χ2n) is 6.23. The van der Waals surface area contributed by atoms with Gasteiger partial charge in [-0.3, -0.25) is 9.35 Å². The minimum absolute atomic E-state index is 0.0756. The van der Waals surface area contributed by atoms with Crippen LogP contribution in [-0.4, -0.2) is 21.7 Å². The maximum atomic E-state index is 13.1. The predicted octanol–water partition coefficient (Wildman–Crippen LogP) is 6.85. The minimum atomic E-state index is -2.60. The fraction of sp³-hybridized carbons (Fsp3) is 0.0500. The first-order chi connectivity index (χ1) is 15.1. The Morgan fingerprint density at radius 2 is 1.56 bits per heavy atom. The molecule has 32 heavy (non-hydrogen) atoms. The molecule has 0 radical (unpaired) electrons. The van der Waals surface area contributed by atoms with E-state index >= 15 is 0 Å². The molecule has 0 bridgehead atoms. The van der Waals surface area contributed by atoms with Crippen LogP contribution in [0.15, 0.2) is 54.6 Å². The van der Waals surface area contributed by atoms with Gasteiger partial charge in [0.15, 0.2) is 0 Å². The van der Waals surface area contributed by atoms with Gasteiger partial charge in [-0.15, -0.1) is 4.28 Å². The molecule has 1 unspecified atom stereocenters. The number of ether oxygens (including phenoxy) is 1. The van der Waals surface area contributed by atoms with Gasteiger partial charge in [0.1, 0.15) is 11.5 Å². The molecule has 1 atom stereocenters.